The van der Waals surface area contributed by atoms with Crippen LogP contribution in [0.4, 0.5) is 5.69 Å². The maximum Gasteiger partial charge on any atom is 0.266 e. The standard InChI is InChI=1S/C20H21NO3/c1-4-13-8-6-9-14(5-2)18(13)21-19(22)16-11-7-10-15(12-24-3)17(16)20(21)23/h6-11H,4-5,12H2,1-3H3. The minimum Gasteiger partial charge on any atom is -0.380 e. The highest BCUT2D eigenvalue weighted by molar-refractivity contribution is 6.35. The highest BCUT2D eigenvalue weighted by Gasteiger charge is 2.39. The summed E-state index contributed by atoms with van der Waals surface area (Å²) in [6, 6.07) is 11.3. The zero-order valence-corrected chi connectivity index (χ0v) is 14.3. The van der Waals surface area contributed by atoms with Crippen LogP contribution in [0.1, 0.15) is 51.3 Å². The van der Waals surface area contributed by atoms with E-state index in [1.165, 1.54) is 4.90 Å². The molecule has 0 fully saturated rings. The van der Waals surface area contributed by atoms with E-state index in [9.17, 15) is 9.59 Å². The molecule has 2 aromatic carbocycles. The quantitative estimate of drug-likeness (QED) is 0.787. The molecule has 0 unspecified atom stereocenters. The Hall–Kier alpha value is -2.46. The van der Waals surface area contributed by atoms with Crippen LogP contribution in [0.25, 0.3) is 0 Å². The normalized spacial score (nSPS) is 13.5. The smallest absolute Gasteiger partial charge is 0.266 e. The molecule has 0 saturated carbocycles. The summed E-state index contributed by atoms with van der Waals surface area (Å²) < 4.78 is 5.19. The molecule has 1 aliphatic heterocycles. The lowest BCUT2D eigenvalue weighted by Crippen LogP contribution is -2.31. The van der Waals surface area contributed by atoms with Crippen molar-refractivity contribution in [1.82, 2.24) is 0 Å². The number of imide groups is 1. The van der Waals surface area contributed by atoms with Crippen molar-refractivity contribution >= 4 is 17.5 Å². The predicted molar refractivity (Wildman–Crippen MR) is 93.5 cm³/mol. The largest absolute Gasteiger partial charge is 0.380 e. The van der Waals surface area contributed by atoms with E-state index in [0.717, 1.165) is 35.2 Å². The average Bonchev–Trinajstić information content (AvgIpc) is 2.86. The summed E-state index contributed by atoms with van der Waals surface area (Å²) in [6.07, 6.45) is 1.53. The van der Waals surface area contributed by atoms with Crippen LogP contribution in [0, 0.1) is 0 Å². The maximum absolute atomic E-state index is 13.1. The molecule has 0 aromatic heterocycles. The van der Waals surface area contributed by atoms with Crippen molar-refractivity contribution in [2.24, 2.45) is 0 Å². The number of anilines is 1. The topological polar surface area (TPSA) is 46.6 Å². The predicted octanol–water partition coefficient (Wildman–Crippen LogP) is 3.76. The lowest BCUT2D eigenvalue weighted by molar-refractivity contribution is 0.0924. The molecular weight excluding hydrogens is 302 g/mol. The number of benzene rings is 2. The van der Waals surface area contributed by atoms with E-state index in [0.29, 0.717) is 17.7 Å². The molecule has 0 aliphatic carbocycles. The third-order valence-electron chi connectivity index (χ3n) is 4.49. The first kappa shape index (κ1) is 16.4. The van der Waals surface area contributed by atoms with Crippen molar-refractivity contribution in [2.75, 3.05) is 12.0 Å². The van der Waals surface area contributed by atoms with Crippen LogP contribution < -0.4 is 4.90 Å². The van der Waals surface area contributed by atoms with E-state index in [1.54, 1.807) is 19.2 Å². The van der Waals surface area contributed by atoms with Crippen molar-refractivity contribution in [3.8, 4) is 0 Å². The van der Waals surface area contributed by atoms with Gasteiger partial charge in [-0.05, 0) is 35.6 Å². The molecule has 4 heteroatoms. The zero-order valence-electron chi connectivity index (χ0n) is 14.3. The van der Waals surface area contributed by atoms with E-state index in [2.05, 4.69) is 0 Å². The highest BCUT2D eigenvalue weighted by atomic mass is 16.5. The number of aryl methyl sites for hydroxylation is 2. The third-order valence-corrected chi connectivity index (χ3v) is 4.49. The van der Waals surface area contributed by atoms with Gasteiger partial charge in [-0.2, -0.15) is 0 Å². The lowest BCUT2D eigenvalue weighted by atomic mass is 10.0. The Morgan fingerprint density at radius 2 is 1.46 bits per heavy atom. The van der Waals surface area contributed by atoms with E-state index in [4.69, 9.17) is 4.74 Å². The summed E-state index contributed by atoms with van der Waals surface area (Å²) in [6.45, 7) is 4.38. The molecule has 24 heavy (non-hydrogen) atoms. The fourth-order valence-electron chi connectivity index (χ4n) is 3.34. The molecule has 0 N–H and O–H groups in total. The van der Waals surface area contributed by atoms with Crippen LogP contribution in [0.15, 0.2) is 36.4 Å². The lowest BCUT2D eigenvalue weighted by Gasteiger charge is -2.21. The second kappa shape index (κ2) is 6.57. The SMILES string of the molecule is CCc1cccc(CC)c1N1C(=O)c2cccc(COC)c2C1=O. The molecular formula is C20H21NO3. The molecule has 1 heterocycles. The van der Waals surface area contributed by atoms with Crippen molar-refractivity contribution in [3.05, 3.63) is 64.2 Å². The summed E-state index contributed by atoms with van der Waals surface area (Å²) >= 11 is 0. The number of para-hydroxylation sites is 1. The van der Waals surface area contributed by atoms with Crippen molar-refractivity contribution in [1.29, 1.82) is 0 Å². The van der Waals surface area contributed by atoms with Gasteiger partial charge in [-0.3, -0.25) is 9.59 Å². The van der Waals surface area contributed by atoms with Crippen LogP contribution in [0.2, 0.25) is 0 Å². The summed E-state index contributed by atoms with van der Waals surface area (Å²) in [5.74, 6) is -0.498. The minimum atomic E-state index is -0.252. The van der Waals surface area contributed by atoms with Gasteiger partial charge in [0.25, 0.3) is 11.8 Å². The van der Waals surface area contributed by atoms with Gasteiger partial charge in [0, 0.05) is 7.11 Å². The fraction of sp³-hybridized carbons (Fsp3) is 0.300. The molecule has 2 amide bonds. The number of carbonyl (C=O) groups excluding carboxylic acids is 2. The average molecular weight is 323 g/mol. The number of hydrogen-bond donors (Lipinski definition) is 0. The van der Waals surface area contributed by atoms with E-state index < -0.39 is 0 Å². The number of amides is 2. The Bertz CT molecular complexity index is 788. The first-order valence-corrected chi connectivity index (χ1v) is 8.24. The molecule has 2 aromatic rings. The Kier molecular flexibility index (Phi) is 4.49. The minimum absolute atomic E-state index is 0.247. The molecule has 1 aliphatic rings. The van der Waals surface area contributed by atoms with Crippen LogP contribution in [-0.2, 0) is 24.2 Å². The van der Waals surface area contributed by atoms with Gasteiger partial charge in [0.2, 0.25) is 0 Å². The maximum atomic E-state index is 13.1. The Morgan fingerprint density at radius 1 is 0.875 bits per heavy atom. The van der Waals surface area contributed by atoms with Crippen LogP contribution in [-0.4, -0.2) is 18.9 Å². The highest BCUT2D eigenvalue weighted by Crippen LogP contribution is 2.35. The number of hydrogen-bond acceptors (Lipinski definition) is 3. The van der Waals surface area contributed by atoms with Crippen molar-refractivity contribution in [3.63, 3.8) is 0 Å². The number of ether oxygens (including phenoxy) is 1. The van der Waals surface area contributed by atoms with E-state index >= 15 is 0 Å². The Morgan fingerprint density at radius 3 is 2.04 bits per heavy atom. The van der Waals surface area contributed by atoms with Crippen LogP contribution >= 0.6 is 0 Å². The second-order valence-electron chi connectivity index (χ2n) is 5.85. The van der Waals surface area contributed by atoms with Gasteiger partial charge in [0.1, 0.15) is 0 Å². The van der Waals surface area contributed by atoms with Gasteiger partial charge in [0.15, 0.2) is 0 Å². The number of methoxy groups -OCH3 is 1. The van der Waals surface area contributed by atoms with Crippen LogP contribution in [0.5, 0.6) is 0 Å². The fourth-order valence-corrected chi connectivity index (χ4v) is 3.34. The molecule has 124 valence electrons. The van der Waals surface area contributed by atoms with Gasteiger partial charge in [0.05, 0.1) is 23.4 Å². The molecule has 0 saturated heterocycles. The number of rotatable bonds is 5. The Labute approximate surface area is 142 Å². The first-order chi connectivity index (χ1) is 11.6. The molecule has 3 rings (SSSR count). The third kappa shape index (κ3) is 2.43. The summed E-state index contributed by atoms with van der Waals surface area (Å²) in [7, 11) is 1.58. The summed E-state index contributed by atoms with van der Waals surface area (Å²) in [5, 5.41) is 0. The zero-order chi connectivity index (χ0) is 17.3. The molecule has 0 radical (unpaired) electrons. The van der Waals surface area contributed by atoms with Crippen molar-refractivity contribution in [2.45, 2.75) is 33.3 Å². The second-order valence-corrected chi connectivity index (χ2v) is 5.85. The number of fused-ring (bicyclic) bond motifs is 1. The van der Waals surface area contributed by atoms with Crippen molar-refractivity contribution < 1.29 is 14.3 Å². The van der Waals surface area contributed by atoms with Gasteiger partial charge in [-0.15, -0.1) is 0 Å². The molecule has 4 nitrogen and oxygen atoms in total. The van der Waals surface area contributed by atoms with E-state index in [1.807, 2.05) is 38.1 Å². The number of nitrogens with zero attached hydrogens (tertiary/aromatic N) is 1. The summed E-state index contributed by atoms with van der Waals surface area (Å²) in [5.41, 5.74) is 4.45. The molecule has 0 spiro atoms. The monoisotopic (exact) mass is 323 g/mol. The van der Waals surface area contributed by atoms with E-state index in [-0.39, 0.29) is 11.8 Å². The van der Waals surface area contributed by atoms with Gasteiger partial charge in [-0.25, -0.2) is 4.90 Å². The van der Waals surface area contributed by atoms with Gasteiger partial charge >= 0.3 is 0 Å². The first-order valence-electron chi connectivity index (χ1n) is 8.24. The van der Waals surface area contributed by atoms with Gasteiger partial charge < -0.3 is 4.74 Å². The summed E-state index contributed by atoms with van der Waals surface area (Å²) in [4.78, 5) is 27.4. The van der Waals surface area contributed by atoms with Crippen LogP contribution in [0.3, 0.4) is 0 Å². The number of carbonyl (C=O) groups is 2. The van der Waals surface area contributed by atoms with Gasteiger partial charge in [-0.1, -0.05) is 44.2 Å². The molecule has 0 bridgehead atoms. The Balaban J connectivity index is 2.18. The molecule has 0 atom stereocenters.